The molecule has 0 saturated carbocycles. The van der Waals surface area contributed by atoms with Crippen LogP contribution in [0.25, 0.3) is 0 Å². The molecule has 31 heavy (non-hydrogen) atoms. The SMILES string of the molecule is NC(=O)c1cccnc1N1CCN(C(=O)[C@@H]2CC[C@H](N)CN(C3CCOCC3)C2)CC1. The lowest BCUT2D eigenvalue weighted by molar-refractivity contribution is -0.136. The number of pyridine rings is 1. The van der Waals surface area contributed by atoms with E-state index in [2.05, 4.69) is 9.88 Å². The molecule has 3 saturated heterocycles. The van der Waals surface area contributed by atoms with Gasteiger partial charge in [-0.05, 0) is 37.8 Å². The van der Waals surface area contributed by atoms with Gasteiger partial charge in [0.2, 0.25) is 5.91 Å². The predicted molar refractivity (Wildman–Crippen MR) is 118 cm³/mol. The maximum Gasteiger partial charge on any atom is 0.252 e. The van der Waals surface area contributed by atoms with Gasteiger partial charge in [-0.15, -0.1) is 0 Å². The summed E-state index contributed by atoms with van der Waals surface area (Å²) in [5, 5.41) is 0. The highest BCUT2D eigenvalue weighted by Gasteiger charge is 2.34. The standard InChI is InChI=1S/C22H34N6O3/c23-17-4-3-16(14-28(15-17)18-5-12-31-13-6-18)22(30)27-10-8-26(9-11-27)21-19(20(24)29)2-1-7-25-21/h1-2,7,16-18H,3-6,8-15,23H2,(H2,24,29)/t16-,17+/m1/s1. The van der Waals surface area contributed by atoms with Gasteiger partial charge in [0.15, 0.2) is 0 Å². The Morgan fingerprint density at radius 1 is 1.03 bits per heavy atom. The van der Waals surface area contributed by atoms with E-state index in [1.165, 1.54) is 0 Å². The Morgan fingerprint density at radius 2 is 1.77 bits per heavy atom. The number of hydrogen-bond donors (Lipinski definition) is 2. The first kappa shape index (κ1) is 22.0. The minimum absolute atomic E-state index is 0.0148. The Balaban J connectivity index is 1.38. The molecule has 9 heteroatoms. The molecule has 2 amide bonds. The van der Waals surface area contributed by atoms with Crippen molar-refractivity contribution in [3.05, 3.63) is 23.9 Å². The van der Waals surface area contributed by atoms with E-state index in [0.717, 1.165) is 52.0 Å². The van der Waals surface area contributed by atoms with Gasteiger partial charge >= 0.3 is 0 Å². The maximum atomic E-state index is 13.4. The number of rotatable bonds is 4. The number of aromatic nitrogens is 1. The van der Waals surface area contributed by atoms with Crippen molar-refractivity contribution in [3.8, 4) is 0 Å². The van der Waals surface area contributed by atoms with Crippen molar-refractivity contribution in [2.75, 3.05) is 57.4 Å². The number of hydrogen-bond acceptors (Lipinski definition) is 7. The third kappa shape index (κ3) is 5.16. The summed E-state index contributed by atoms with van der Waals surface area (Å²) in [5.41, 5.74) is 12.3. The number of primary amides is 1. The number of anilines is 1. The van der Waals surface area contributed by atoms with E-state index in [0.29, 0.717) is 43.6 Å². The van der Waals surface area contributed by atoms with Gasteiger partial charge in [-0.1, -0.05) is 0 Å². The first-order valence-corrected chi connectivity index (χ1v) is 11.4. The van der Waals surface area contributed by atoms with Crippen LogP contribution < -0.4 is 16.4 Å². The van der Waals surface area contributed by atoms with Crippen LogP contribution in [-0.4, -0.2) is 91.2 Å². The molecule has 3 fully saturated rings. The molecule has 0 spiro atoms. The molecule has 4 rings (SSSR count). The van der Waals surface area contributed by atoms with E-state index in [-0.39, 0.29) is 17.9 Å². The molecule has 4 N–H and O–H groups in total. The lowest BCUT2D eigenvalue weighted by Gasteiger charge is -2.39. The molecular formula is C22H34N6O3. The Labute approximate surface area is 183 Å². The van der Waals surface area contributed by atoms with E-state index >= 15 is 0 Å². The van der Waals surface area contributed by atoms with E-state index < -0.39 is 5.91 Å². The molecular weight excluding hydrogens is 396 g/mol. The van der Waals surface area contributed by atoms with Crippen LogP contribution in [0.5, 0.6) is 0 Å². The highest BCUT2D eigenvalue weighted by molar-refractivity contribution is 5.97. The molecule has 0 aromatic carbocycles. The van der Waals surface area contributed by atoms with Gasteiger partial charge < -0.3 is 26.0 Å². The predicted octanol–water partition coefficient (Wildman–Crippen LogP) is 0.0474. The van der Waals surface area contributed by atoms with Gasteiger partial charge in [0.25, 0.3) is 5.91 Å². The van der Waals surface area contributed by atoms with Crippen molar-refractivity contribution < 1.29 is 14.3 Å². The molecule has 0 unspecified atom stereocenters. The van der Waals surface area contributed by atoms with E-state index in [1.54, 1.807) is 18.3 Å². The molecule has 2 atom stereocenters. The van der Waals surface area contributed by atoms with Crippen molar-refractivity contribution in [3.63, 3.8) is 0 Å². The fourth-order valence-corrected chi connectivity index (χ4v) is 5.04. The molecule has 3 aliphatic rings. The highest BCUT2D eigenvalue weighted by Crippen LogP contribution is 2.25. The largest absolute Gasteiger partial charge is 0.381 e. The molecule has 170 valence electrons. The molecule has 1 aromatic heterocycles. The number of nitrogens with two attached hydrogens (primary N) is 2. The Hall–Kier alpha value is -2.23. The van der Waals surface area contributed by atoms with Gasteiger partial charge in [-0.25, -0.2) is 4.98 Å². The van der Waals surface area contributed by atoms with Crippen molar-refractivity contribution in [2.24, 2.45) is 17.4 Å². The highest BCUT2D eigenvalue weighted by atomic mass is 16.5. The maximum absolute atomic E-state index is 13.4. The summed E-state index contributed by atoms with van der Waals surface area (Å²) >= 11 is 0. The van der Waals surface area contributed by atoms with Crippen LogP contribution in [0.15, 0.2) is 18.3 Å². The molecule has 9 nitrogen and oxygen atoms in total. The van der Waals surface area contributed by atoms with Gasteiger partial charge in [0, 0.05) is 70.8 Å². The number of carbonyl (C=O) groups excluding carboxylic acids is 2. The van der Waals surface area contributed by atoms with Crippen LogP contribution in [-0.2, 0) is 9.53 Å². The Kier molecular flexibility index (Phi) is 7.04. The van der Waals surface area contributed by atoms with Gasteiger partial charge in [-0.3, -0.25) is 14.5 Å². The fraction of sp³-hybridized carbons (Fsp3) is 0.682. The minimum Gasteiger partial charge on any atom is -0.381 e. The second kappa shape index (κ2) is 9.93. The zero-order valence-corrected chi connectivity index (χ0v) is 18.1. The molecule has 3 aliphatic heterocycles. The second-order valence-electron chi connectivity index (χ2n) is 8.88. The third-order valence-corrected chi connectivity index (χ3v) is 6.81. The van der Waals surface area contributed by atoms with E-state index in [1.807, 2.05) is 9.80 Å². The molecule has 0 aliphatic carbocycles. The normalized spacial score (nSPS) is 26.5. The average Bonchev–Trinajstić information content (AvgIpc) is 3.01. The van der Waals surface area contributed by atoms with Crippen LogP contribution >= 0.6 is 0 Å². The molecule has 0 bridgehead atoms. The van der Waals surface area contributed by atoms with Gasteiger partial charge in [0.05, 0.1) is 11.5 Å². The second-order valence-corrected chi connectivity index (χ2v) is 8.88. The van der Waals surface area contributed by atoms with Crippen LogP contribution in [0.4, 0.5) is 5.82 Å². The zero-order valence-electron chi connectivity index (χ0n) is 18.1. The number of piperazine rings is 1. The zero-order chi connectivity index (χ0) is 21.8. The summed E-state index contributed by atoms with van der Waals surface area (Å²) in [7, 11) is 0. The summed E-state index contributed by atoms with van der Waals surface area (Å²) < 4.78 is 5.52. The monoisotopic (exact) mass is 430 g/mol. The number of carbonyl (C=O) groups is 2. The Morgan fingerprint density at radius 3 is 2.48 bits per heavy atom. The molecule has 0 radical (unpaired) electrons. The number of ether oxygens (including phenoxy) is 1. The van der Waals surface area contributed by atoms with Gasteiger partial charge in [-0.2, -0.15) is 0 Å². The number of nitrogens with zero attached hydrogens (tertiary/aromatic N) is 4. The first-order chi connectivity index (χ1) is 15.0. The summed E-state index contributed by atoms with van der Waals surface area (Å²) in [5.74, 6) is 0.332. The van der Waals surface area contributed by atoms with Crippen molar-refractivity contribution in [1.82, 2.24) is 14.8 Å². The summed E-state index contributed by atoms with van der Waals surface area (Å²) in [6.45, 7) is 5.73. The van der Waals surface area contributed by atoms with Crippen molar-refractivity contribution in [1.29, 1.82) is 0 Å². The van der Waals surface area contributed by atoms with Crippen LogP contribution in [0.2, 0.25) is 0 Å². The molecule has 1 aromatic rings. The Bertz CT molecular complexity index is 776. The minimum atomic E-state index is -0.482. The van der Waals surface area contributed by atoms with Crippen LogP contribution in [0.1, 0.15) is 36.0 Å². The first-order valence-electron chi connectivity index (χ1n) is 11.4. The number of amides is 2. The van der Waals surface area contributed by atoms with Crippen molar-refractivity contribution >= 4 is 17.6 Å². The lowest BCUT2D eigenvalue weighted by Crippen LogP contribution is -2.52. The van der Waals surface area contributed by atoms with Crippen LogP contribution in [0.3, 0.4) is 0 Å². The fourth-order valence-electron chi connectivity index (χ4n) is 5.04. The van der Waals surface area contributed by atoms with E-state index in [9.17, 15) is 9.59 Å². The quantitative estimate of drug-likeness (QED) is 0.693. The lowest BCUT2D eigenvalue weighted by atomic mass is 9.99. The summed E-state index contributed by atoms with van der Waals surface area (Å²) in [4.78, 5) is 35.9. The number of likely N-dealkylation sites (tertiary alicyclic amines) is 1. The molecule has 4 heterocycles. The van der Waals surface area contributed by atoms with Crippen molar-refractivity contribution in [2.45, 2.75) is 37.8 Å². The summed E-state index contributed by atoms with van der Waals surface area (Å²) in [6.07, 6.45) is 5.41. The summed E-state index contributed by atoms with van der Waals surface area (Å²) in [6, 6.07) is 3.99. The smallest absolute Gasteiger partial charge is 0.252 e. The topological polar surface area (TPSA) is 118 Å². The van der Waals surface area contributed by atoms with E-state index in [4.69, 9.17) is 16.2 Å². The average molecular weight is 431 g/mol. The third-order valence-electron chi connectivity index (χ3n) is 6.81. The van der Waals surface area contributed by atoms with Crippen LogP contribution in [0, 0.1) is 5.92 Å². The van der Waals surface area contributed by atoms with Gasteiger partial charge in [0.1, 0.15) is 5.82 Å².